The van der Waals surface area contributed by atoms with Crippen LogP contribution in [0, 0.1) is 5.82 Å². The highest BCUT2D eigenvalue weighted by atomic mass is 32.2. The van der Waals surface area contributed by atoms with Crippen LogP contribution in [0.4, 0.5) is 4.39 Å². The molecule has 26 heavy (non-hydrogen) atoms. The molecule has 1 heterocycles. The van der Waals surface area contributed by atoms with Crippen molar-refractivity contribution in [2.24, 2.45) is 0 Å². The summed E-state index contributed by atoms with van der Waals surface area (Å²) in [6.45, 7) is 0. The Kier molecular flexibility index (Phi) is 5.85. The fraction of sp³-hybridized carbons (Fsp3) is 0.100. The van der Waals surface area contributed by atoms with Crippen molar-refractivity contribution in [3.05, 3.63) is 71.0 Å². The van der Waals surface area contributed by atoms with Crippen LogP contribution in [-0.2, 0) is 0 Å². The molecule has 132 valence electrons. The van der Waals surface area contributed by atoms with Gasteiger partial charge in [0.2, 0.25) is 0 Å². The lowest BCUT2D eigenvalue weighted by atomic mass is 10.1. The first-order chi connectivity index (χ1) is 12.6. The predicted molar refractivity (Wildman–Crippen MR) is 106 cm³/mol. The smallest absolute Gasteiger partial charge is 0.186 e. The Labute approximate surface area is 159 Å². The van der Waals surface area contributed by atoms with Crippen molar-refractivity contribution in [1.29, 1.82) is 0 Å². The van der Waals surface area contributed by atoms with Crippen molar-refractivity contribution in [2.75, 3.05) is 13.4 Å². The number of rotatable bonds is 6. The van der Waals surface area contributed by atoms with Crippen LogP contribution in [0.15, 0.2) is 58.8 Å². The number of ketones is 1. The van der Waals surface area contributed by atoms with Gasteiger partial charge in [0.25, 0.3) is 0 Å². The van der Waals surface area contributed by atoms with Crippen LogP contribution in [0.5, 0.6) is 5.75 Å². The molecule has 0 aliphatic rings. The van der Waals surface area contributed by atoms with Crippen molar-refractivity contribution in [3.63, 3.8) is 0 Å². The Balaban J connectivity index is 1.76. The van der Waals surface area contributed by atoms with Gasteiger partial charge in [0, 0.05) is 21.4 Å². The van der Waals surface area contributed by atoms with Crippen molar-refractivity contribution < 1.29 is 13.9 Å². The fourth-order valence-electron chi connectivity index (χ4n) is 2.33. The summed E-state index contributed by atoms with van der Waals surface area (Å²) in [7, 11) is 1.59. The maximum absolute atomic E-state index is 13.0. The molecular formula is C20H16FNO2S2. The summed E-state index contributed by atoms with van der Waals surface area (Å²) in [4.78, 5) is 17.8. The second kappa shape index (κ2) is 8.29. The molecule has 0 aliphatic carbocycles. The van der Waals surface area contributed by atoms with Gasteiger partial charge in [-0.15, -0.1) is 23.1 Å². The maximum Gasteiger partial charge on any atom is 0.186 e. The van der Waals surface area contributed by atoms with Gasteiger partial charge in [-0.1, -0.05) is 0 Å². The molecule has 3 aromatic rings. The van der Waals surface area contributed by atoms with Crippen molar-refractivity contribution in [2.45, 2.75) is 4.90 Å². The first-order valence-electron chi connectivity index (χ1n) is 7.76. The second-order valence-electron chi connectivity index (χ2n) is 5.35. The zero-order valence-electron chi connectivity index (χ0n) is 14.2. The summed E-state index contributed by atoms with van der Waals surface area (Å²) < 4.78 is 18.3. The molecular weight excluding hydrogens is 369 g/mol. The average Bonchev–Trinajstić information content (AvgIpc) is 3.15. The summed E-state index contributed by atoms with van der Waals surface area (Å²) >= 11 is 3.01. The molecule has 0 saturated heterocycles. The maximum atomic E-state index is 13.0. The third-order valence-electron chi connectivity index (χ3n) is 3.69. The van der Waals surface area contributed by atoms with E-state index < -0.39 is 0 Å². The largest absolute Gasteiger partial charge is 0.496 e. The van der Waals surface area contributed by atoms with E-state index in [4.69, 9.17) is 4.74 Å². The molecule has 0 radical (unpaired) electrons. The number of nitrogens with zero attached hydrogens (tertiary/aromatic N) is 1. The van der Waals surface area contributed by atoms with E-state index in [1.54, 1.807) is 49.2 Å². The van der Waals surface area contributed by atoms with Crippen LogP contribution in [0.25, 0.3) is 16.6 Å². The topological polar surface area (TPSA) is 39.2 Å². The normalized spacial score (nSPS) is 11.0. The van der Waals surface area contributed by atoms with Gasteiger partial charge in [0.05, 0.1) is 12.8 Å². The summed E-state index contributed by atoms with van der Waals surface area (Å²) in [5.41, 5.74) is 2.10. The second-order valence-corrected chi connectivity index (χ2v) is 7.06. The molecule has 0 saturated carbocycles. The lowest BCUT2D eigenvalue weighted by Crippen LogP contribution is -1.96. The number of ether oxygens (including phenoxy) is 1. The van der Waals surface area contributed by atoms with Crippen LogP contribution in [-0.4, -0.2) is 24.1 Å². The molecule has 0 fully saturated rings. The Morgan fingerprint density at radius 2 is 2.00 bits per heavy atom. The summed E-state index contributed by atoms with van der Waals surface area (Å²) in [5.74, 6) is 0.287. The third-order valence-corrected chi connectivity index (χ3v) is 5.37. The van der Waals surface area contributed by atoms with E-state index in [1.165, 1.54) is 29.5 Å². The number of hydrogen-bond acceptors (Lipinski definition) is 5. The number of carbonyl (C=O) groups excluding carboxylic acids is 1. The molecule has 3 nitrogen and oxygen atoms in total. The quantitative estimate of drug-likeness (QED) is 0.316. The third kappa shape index (κ3) is 4.20. The van der Waals surface area contributed by atoms with E-state index in [2.05, 4.69) is 4.98 Å². The highest BCUT2D eigenvalue weighted by molar-refractivity contribution is 7.98. The van der Waals surface area contributed by atoms with Crippen LogP contribution < -0.4 is 4.74 Å². The van der Waals surface area contributed by atoms with Gasteiger partial charge in [-0.25, -0.2) is 9.37 Å². The van der Waals surface area contributed by atoms with Crippen molar-refractivity contribution >= 4 is 35.0 Å². The van der Waals surface area contributed by atoms with E-state index in [-0.39, 0.29) is 11.6 Å². The first-order valence-corrected chi connectivity index (χ1v) is 9.87. The number of halogens is 1. The average molecular weight is 385 g/mol. The van der Waals surface area contributed by atoms with Gasteiger partial charge >= 0.3 is 0 Å². The van der Waals surface area contributed by atoms with Crippen LogP contribution >= 0.6 is 23.1 Å². The zero-order chi connectivity index (χ0) is 18.5. The minimum absolute atomic E-state index is 0.118. The number of thioether (sulfide) groups is 1. The van der Waals surface area contributed by atoms with E-state index >= 15 is 0 Å². The minimum atomic E-state index is -0.279. The number of benzene rings is 2. The number of carbonyl (C=O) groups is 1. The van der Waals surface area contributed by atoms with Crippen LogP contribution in [0.2, 0.25) is 0 Å². The molecule has 0 unspecified atom stereocenters. The van der Waals surface area contributed by atoms with E-state index in [1.807, 2.05) is 17.7 Å². The molecule has 0 bridgehead atoms. The molecule has 6 heteroatoms. The predicted octanol–water partition coefficient (Wildman–Crippen LogP) is 5.58. The molecule has 0 amide bonds. The number of hydrogen-bond donors (Lipinski definition) is 0. The number of thiazole rings is 1. The lowest BCUT2D eigenvalue weighted by Gasteiger charge is -2.07. The van der Waals surface area contributed by atoms with Gasteiger partial charge in [-0.2, -0.15) is 0 Å². The van der Waals surface area contributed by atoms with Crippen molar-refractivity contribution in [3.8, 4) is 16.3 Å². The molecule has 0 spiro atoms. The molecule has 2 aromatic carbocycles. The van der Waals surface area contributed by atoms with Gasteiger partial charge in [0.1, 0.15) is 16.6 Å². The minimum Gasteiger partial charge on any atom is -0.496 e. The van der Waals surface area contributed by atoms with Crippen LogP contribution in [0.3, 0.4) is 0 Å². The Morgan fingerprint density at radius 3 is 2.69 bits per heavy atom. The van der Waals surface area contributed by atoms with Crippen molar-refractivity contribution in [1.82, 2.24) is 4.98 Å². The highest BCUT2D eigenvalue weighted by Gasteiger charge is 2.08. The van der Waals surface area contributed by atoms with E-state index in [0.717, 1.165) is 15.5 Å². The van der Waals surface area contributed by atoms with Gasteiger partial charge < -0.3 is 4.74 Å². The highest BCUT2D eigenvalue weighted by Crippen LogP contribution is 2.29. The van der Waals surface area contributed by atoms with Gasteiger partial charge in [0.15, 0.2) is 5.78 Å². The monoisotopic (exact) mass is 385 g/mol. The summed E-state index contributed by atoms with van der Waals surface area (Å²) in [6.07, 6.45) is 5.14. The fourth-order valence-corrected chi connectivity index (χ4v) is 3.68. The SMILES string of the molecule is COc1cc(C(=O)/C=C/c2csc(-c3ccc(F)cc3)n2)ccc1SC. The lowest BCUT2D eigenvalue weighted by molar-refractivity contribution is 0.104. The Morgan fingerprint density at radius 1 is 1.23 bits per heavy atom. The molecule has 3 rings (SSSR count). The molecule has 1 aromatic heterocycles. The number of methoxy groups -OCH3 is 1. The number of aromatic nitrogens is 1. The number of allylic oxidation sites excluding steroid dienone is 1. The van der Waals surface area contributed by atoms with E-state index in [0.29, 0.717) is 17.0 Å². The molecule has 0 atom stereocenters. The molecule has 0 N–H and O–H groups in total. The first kappa shape index (κ1) is 18.4. The standard InChI is InChI=1S/C20H16FNO2S2/c1-24-18-11-14(5-10-19(18)25-2)17(23)9-8-16-12-26-20(22-16)13-3-6-15(21)7-4-13/h3-12H,1-2H3/b9-8+. The van der Waals surface area contributed by atoms with Gasteiger partial charge in [-0.3, -0.25) is 4.79 Å². The molecule has 0 aliphatic heterocycles. The van der Waals surface area contributed by atoms with E-state index in [9.17, 15) is 9.18 Å². The summed E-state index contributed by atoms with van der Waals surface area (Å²) in [6, 6.07) is 11.6. The van der Waals surface area contributed by atoms with Crippen LogP contribution in [0.1, 0.15) is 16.1 Å². The summed E-state index contributed by atoms with van der Waals surface area (Å²) in [5, 5.41) is 2.64. The van der Waals surface area contributed by atoms with Gasteiger partial charge in [-0.05, 0) is 60.9 Å². The zero-order valence-corrected chi connectivity index (χ0v) is 15.9. The Hall–Kier alpha value is -2.44. The Bertz CT molecular complexity index is 949.